The van der Waals surface area contributed by atoms with Crippen LogP contribution in [0.1, 0.15) is 29.8 Å². The SMILES string of the molecule is Cc1nn(C)c(CNCC(C)c2ccccc2)c1Br. The van der Waals surface area contributed by atoms with Gasteiger partial charge >= 0.3 is 0 Å². The molecule has 0 aliphatic heterocycles. The molecule has 2 rings (SSSR count). The molecule has 0 radical (unpaired) electrons. The molecule has 1 atom stereocenters. The van der Waals surface area contributed by atoms with Crippen LogP contribution >= 0.6 is 15.9 Å². The van der Waals surface area contributed by atoms with Crippen LogP contribution in [-0.4, -0.2) is 16.3 Å². The quantitative estimate of drug-likeness (QED) is 0.914. The topological polar surface area (TPSA) is 29.9 Å². The third kappa shape index (κ3) is 3.45. The molecule has 0 spiro atoms. The second kappa shape index (κ2) is 6.35. The zero-order valence-electron chi connectivity index (χ0n) is 11.7. The average Bonchev–Trinajstić information content (AvgIpc) is 2.66. The Morgan fingerprint density at radius 2 is 2.00 bits per heavy atom. The van der Waals surface area contributed by atoms with E-state index in [0.29, 0.717) is 5.92 Å². The van der Waals surface area contributed by atoms with Crippen molar-refractivity contribution in [2.24, 2.45) is 7.05 Å². The van der Waals surface area contributed by atoms with Crippen LogP contribution in [0.4, 0.5) is 0 Å². The minimum Gasteiger partial charge on any atom is -0.311 e. The molecule has 1 unspecified atom stereocenters. The van der Waals surface area contributed by atoms with Gasteiger partial charge in [-0.15, -0.1) is 0 Å². The summed E-state index contributed by atoms with van der Waals surface area (Å²) in [6.07, 6.45) is 0. The van der Waals surface area contributed by atoms with E-state index >= 15 is 0 Å². The number of halogens is 1. The molecule has 2 aromatic rings. The van der Waals surface area contributed by atoms with Gasteiger partial charge in [-0.3, -0.25) is 4.68 Å². The Kier molecular flexibility index (Phi) is 4.77. The fourth-order valence-electron chi connectivity index (χ4n) is 2.18. The summed E-state index contributed by atoms with van der Waals surface area (Å²) in [4.78, 5) is 0. The molecule has 3 nitrogen and oxygen atoms in total. The molecule has 0 amide bonds. The summed E-state index contributed by atoms with van der Waals surface area (Å²) < 4.78 is 3.04. The number of hydrogen-bond donors (Lipinski definition) is 1. The van der Waals surface area contributed by atoms with E-state index in [4.69, 9.17) is 0 Å². The molecule has 4 heteroatoms. The fraction of sp³-hybridized carbons (Fsp3) is 0.400. The molecule has 1 heterocycles. The van der Waals surface area contributed by atoms with Gasteiger partial charge in [0.2, 0.25) is 0 Å². The lowest BCUT2D eigenvalue weighted by atomic mass is 10.0. The number of aromatic nitrogens is 2. The van der Waals surface area contributed by atoms with Crippen LogP contribution in [0.2, 0.25) is 0 Å². The van der Waals surface area contributed by atoms with Crippen molar-refractivity contribution >= 4 is 15.9 Å². The Morgan fingerprint density at radius 3 is 2.58 bits per heavy atom. The number of benzene rings is 1. The molecule has 0 aliphatic rings. The third-order valence-corrected chi connectivity index (χ3v) is 4.40. The normalized spacial score (nSPS) is 12.6. The van der Waals surface area contributed by atoms with E-state index in [1.807, 2.05) is 18.7 Å². The Morgan fingerprint density at radius 1 is 1.32 bits per heavy atom. The lowest BCUT2D eigenvalue weighted by molar-refractivity contribution is 0.583. The monoisotopic (exact) mass is 321 g/mol. The first-order valence-electron chi connectivity index (χ1n) is 6.53. The smallest absolute Gasteiger partial charge is 0.0739 e. The van der Waals surface area contributed by atoms with Gasteiger partial charge in [0.05, 0.1) is 15.9 Å². The maximum absolute atomic E-state index is 4.40. The Hall–Kier alpha value is -1.13. The van der Waals surface area contributed by atoms with Gasteiger partial charge in [-0.05, 0) is 34.3 Å². The third-order valence-electron chi connectivity index (χ3n) is 3.37. The van der Waals surface area contributed by atoms with Crippen LogP contribution in [0.3, 0.4) is 0 Å². The molecule has 0 fully saturated rings. The number of nitrogens with one attached hydrogen (secondary N) is 1. The van der Waals surface area contributed by atoms with E-state index in [1.54, 1.807) is 0 Å². The van der Waals surface area contributed by atoms with E-state index in [-0.39, 0.29) is 0 Å². The lowest BCUT2D eigenvalue weighted by Crippen LogP contribution is -2.21. The minimum absolute atomic E-state index is 0.509. The summed E-state index contributed by atoms with van der Waals surface area (Å²) in [5.74, 6) is 0.509. The second-order valence-electron chi connectivity index (χ2n) is 4.91. The van der Waals surface area contributed by atoms with Crippen LogP contribution in [0, 0.1) is 6.92 Å². The van der Waals surface area contributed by atoms with Crippen molar-refractivity contribution in [1.82, 2.24) is 15.1 Å². The Bertz CT molecular complexity index is 534. The summed E-state index contributed by atoms with van der Waals surface area (Å²) in [5.41, 5.74) is 3.60. The molecule has 102 valence electrons. The summed E-state index contributed by atoms with van der Waals surface area (Å²) in [7, 11) is 1.98. The van der Waals surface area contributed by atoms with Crippen molar-refractivity contribution in [2.45, 2.75) is 26.3 Å². The van der Waals surface area contributed by atoms with Crippen molar-refractivity contribution in [3.8, 4) is 0 Å². The van der Waals surface area contributed by atoms with E-state index in [1.165, 1.54) is 11.3 Å². The highest BCUT2D eigenvalue weighted by atomic mass is 79.9. The minimum atomic E-state index is 0.509. The number of aryl methyl sites for hydroxylation is 2. The van der Waals surface area contributed by atoms with E-state index in [9.17, 15) is 0 Å². The molecule has 1 aromatic carbocycles. The van der Waals surface area contributed by atoms with Gasteiger partial charge in [0, 0.05) is 20.1 Å². The van der Waals surface area contributed by atoms with Crippen molar-refractivity contribution in [2.75, 3.05) is 6.54 Å². The van der Waals surface area contributed by atoms with Gasteiger partial charge in [0.15, 0.2) is 0 Å². The maximum Gasteiger partial charge on any atom is 0.0739 e. The van der Waals surface area contributed by atoms with Crippen molar-refractivity contribution in [3.05, 3.63) is 51.8 Å². The largest absolute Gasteiger partial charge is 0.311 e. The predicted octanol–water partition coefficient (Wildman–Crippen LogP) is 3.38. The van der Waals surface area contributed by atoms with Crippen LogP contribution in [-0.2, 0) is 13.6 Å². The summed E-state index contributed by atoms with van der Waals surface area (Å²) in [5, 5.41) is 7.90. The summed E-state index contributed by atoms with van der Waals surface area (Å²) >= 11 is 3.59. The number of rotatable bonds is 5. The molecular weight excluding hydrogens is 302 g/mol. The molecule has 1 aromatic heterocycles. The van der Waals surface area contributed by atoms with Gasteiger partial charge in [-0.25, -0.2) is 0 Å². The first-order valence-corrected chi connectivity index (χ1v) is 7.32. The number of hydrogen-bond acceptors (Lipinski definition) is 2. The maximum atomic E-state index is 4.40. The van der Waals surface area contributed by atoms with Gasteiger partial charge in [0.1, 0.15) is 0 Å². The van der Waals surface area contributed by atoms with Crippen LogP contribution in [0.5, 0.6) is 0 Å². The predicted molar refractivity (Wildman–Crippen MR) is 82.2 cm³/mol. The van der Waals surface area contributed by atoms with Gasteiger partial charge < -0.3 is 5.32 Å². The fourth-order valence-corrected chi connectivity index (χ4v) is 2.65. The van der Waals surface area contributed by atoms with Gasteiger partial charge in [-0.2, -0.15) is 5.10 Å². The van der Waals surface area contributed by atoms with Crippen molar-refractivity contribution in [1.29, 1.82) is 0 Å². The first kappa shape index (κ1) is 14.3. The molecule has 0 bridgehead atoms. The lowest BCUT2D eigenvalue weighted by Gasteiger charge is -2.13. The van der Waals surface area contributed by atoms with Gasteiger partial charge in [-0.1, -0.05) is 37.3 Å². The number of nitrogens with zero attached hydrogens (tertiary/aromatic N) is 2. The van der Waals surface area contributed by atoms with E-state index in [2.05, 4.69) is 63.6 Å². The standard InChI is InChI=1S/C15H20BrN3/c1-11(13-7-5-4-6-8-13)9-17-10-14-15(16)12(2)18-19(14)3/h4-8,11,17H,9-10H2,1-3H3. The molecule has 0 aliphatic carbocycles. The Labute approximate surface area is 123 Å². The zero-order chi connectivity index (χ0) is 13.8. The second-order valence-corrected chi connectivity index (χ2v) is 5.71. The van der Waals surface area contributed by atoms with Gasteiger partial charge in [0.25, 0.3) is 0 Å². The molecular formula is C15H20BrN3. The summed E-state index contributed by atoms with van der Waals surface area (Å²) in [6.45, 7) is 6.04. The van der Waals surface area contributed by atoms with Crippen molar-refractivity contribution in [3.63, 3.8) is 0 Å². The highest BCUT2D eigenvalue weighted by molar-refractivity contribution is 9.10. The average molecular weight is 322 g/mol. The Balaban J connectivity index is 1.90. The van der Waals surface area contributed by atoms with Crippen LogP contribution in [0.15, 0.2) is 34.8 Å². The zero-order valence-corrected chi connectivity index (χ0v) is 13.2. The molecule has 1 N–H and O–H groups in total. The molecule has 0 saturated carbocycles. The molecule has 0 saturated heterocycles. The van der Waals surface area contributed by atoms with E-state index in [0.717, 1.165) is 23.3 Å². The summed E-state index contributed by atoms with van der Waals surface area (Å²) in [6, 6.07) is 10.6. The van der Waals surface area contributed by atoms with E-state index < -0.39 is 0 Å². The highest BCUT2D eigenvalue weighted by Crippen LogP contribution is 2.20. The van der Waals surface area contributed by atoms with Crippen molar-refractivity contribution < 1.29 is 0 Å². The van der Waals surface area contributed by atoms with Crippen LogP contribution < -0.4 is 5.32 Å². The van der Waals surface area contributed by atoms with Crippen LogP contribution in [0.25, 0.3) is 0 Å². The first-order chi connectivity index (χ1) is 9.09. The highest BCUT2D eigenvalue weighted by Gasteiger charge is 2.11. The molecule has 19 heavy (non-hydrogen) atoms.